The number of methoxy groups -OCH3 is 1. The van der Waals surface area contributed by atoms with E-state index in [1.165, 1.54) is 24.4 Å². The molecule has 1 aliphatic heterocycles. The van der Waals surface area contributed by atoms with E-state index in [4.69, 9.17) is 9.47 Å². The van der Waals surface area contributed by atoms with Crippen LogP contribution in [0, 0.1) is 5.82 Å². The molecule has 2 heterocycles. The van der Waals surface area contributed by atoms with Crippen molar-refractivity contribution in [1.82, 2.24) is 9.47 Å². The van der Waals surface area contributed by atoms with Crippen molar-refractivity contribution in [2.45, 2.75) is 6.61 Å². The molecule has 0 aliphatic carbocycles. The highest BCUT2D eigenvalue weighted by Gasteiger charge is 2.24. The zero-order valence-corrected chi connectivity index (χ0v) is 18.7. The summed E-state index contributed by atoms with van der Waals surface area (Å²) in [6.45, 7) is 2.65. The second-order valence-electron chi connectivity index (χ2n) is 7.89. The Morgan fingerprint density at radius 1 is 1.00 bits per heavy atom. The number of carbonyl (C=O) groups excluding carboxylic acids is 1. The number of hydrogen-bond donors (Lipinski definition) is 0. The van der Waals surface area contributed by atoms with Gasteiger partial charge >= 0.3 is 0 Å². The zero-order chi connectivity index (χ0) is 23.4. The topological polar surface area (TPSA) is 64.0 Å². The third-order valence-electron chi connectivity index (χ3n) is 5.73. The van der Waals surface area contributed by atoms with Crippen LogP contribution in [0.4, 0.5) is 10.1 Å². The molecule has 4 rings (SSSR count). The molecule has 0 bridgehead atoms. The lowest BCUT2D eigenvalue weighted by atomic mass is 10.2. The first-order valence-corrected chi connectivity index (χ1v) is 10.7. The molecule has 172 valence electrons. The molecule has 3 aromatic rings. The summed E-state index contributed by atoms with van der Waals surface area (Å²) in [5.41, 5.74) is 1.77. The molecule has 1 aliphatic rings. The van der Waals surface area contributed by atoms with Crippen molar-refractivity contribution < 1.29 is 18.7 Å². The van der Waals surface area contributed by atoms with Crippen LogP contribution < -0.4 is 19.8 Å². The Morgan fingerprint density at radius 3 is 2.30 bits per heavy atom. The minimum absolute atomic E-state index is 0.135. The Hall–Kier alpha value is -3.81. The predicted octanol–water partition coefficient (Wildman–Crippen LogP) is 3.07. The molecule has 33 heavy (non-hydrogen) atoms. The lowest BCUT2D eigenvalue weighted by molar-refractivity contribution is 0.0736. The Labute approximate surface area is 191 Å². The number of pyridine rings is 1. The van der Waals surface area contributed by atoms with Gasteiger partial charge in [-0.2, -0.15) is 0 Å². The van der Waals surface area contributed by atoms with Crippen LogP contribution >= 0.6 is 0 Å². The van der Waals surface area contributed by atoms with Crippen LogP contribution in [0.3, 0.4) is 0 Å². The molecule has 0 unspecified atom stereocenters. The highest BCUT2D eigenvalue weighted by Crippen LogP contribution is 2.21. The van der Waals surface area contributed by atoms with Gasteiger partial charge in [0, 0.05) is 45.0 Å². The maximum absolute atomic E-state index is 13.1. The zero-order valence-electron chi connectivity index (χ0n) is 18.7. The Balaban J connectivity index is 1.39. The average molecular weight is 451 g/mol. The second-order valence-corrected chi connectivity index (χ2v) is 7.89. The lowest BCUT2D eigenvalue weighted by Gasteiger charge is -2.36. The first kappa shape index (κ1) is 22.4. The third-order valence-corrected chi connectivity index (χ3v) is 5.73. The van der Waals surface area contributed by atoms with E-state index >= 15 is 0 Å². The number of hydrogen-bond acceptors (Lipinski definition) is 5. The Kier molecular flexibility index (Phi) is 6.63. The fraction of sp³-hybridized carbons (Fsp3) is 0.280. The number of ether oxygens (including phenoxy) is 2. The van der Waals surface area contributed by atoms with Crippen LogP contribution in [-0.4, -0.2) is 48.7 Å². The third kappa shape index (κ3) is 5.16. The summed E-state index contributed by atoms with van der Waals surface area (Å²) in [5, 5.41) is 0. The Morgan fingerprint density at radius 2 is 1.67 bits per heavy atom. The molecular weight excluding hydrogens is 425 g/mol. The van der Waals surface area contributed by atoms with Gasteiger partial charge < -0.3 is 23.8 Å². The predicted molar refractivity (Wildman–Crippen MR) is 124 cm³/mol. The number of amides is 1. The molecule has 0 atom stereocenters. The normalized spacial score (nSPS) is 13.7. The smallest absolute Gasteiger partial charge is 0.270 e. The number of piperazine rings is 1. The molecule has 1 amide bonds. The van der Waals surface area contributed by atoms with Gasteiger partial charge in [-0.1, -0.05) is 12.1 Å². The van der Waals surface area contributed by atoms with E-state index in [1.807, 2.05) is 24.3 Å². The number of anilines is 1. The summed E-state index contributed by atoms with van der Waals surface area (Å²) < 4.78 is 25.5. The fourth-order valence-corrected chi connectivity index (χ4v) is 3.79. The molecule has 2 aromatic carbocycles. The van der Waals surface area contributed by atoms with Crippen LogP contribution in [0.5, 0.6) is 11.5 Å². The summed E-state index contributed by atoms with van der Waals surface area (Å²) in [7, 11) is 3.35. The van der Waals surface area contributed by atoms with Crippen LogP contribution in [0.1, 0.15) is 16.1 Å². The summed E-state index contributed by atoms with van der Waals surface area (Å²) in [4.78, 5) is 29.6. The minimum Gasteiger partial charge on any atom is -0.497 e. The SMILES string of the molecule is COc1ccc(N2CCN(C(=O)c3cc(=O)c(OCc4ccc(F)cc4)cn3C)CC2)cc1. The molecule has 0 spiro atoms. The lowest BCUT2D eigenvalue weighted by Crippen LogP contribution is -2.49. The number of rotatable bonds is 6. The summed E-state index contributed by atoms with van der Waals surface area (Å²) >= 11 is 0. The van der Waals surface area contributed by atoms with E-state index in [-0.39, 0.29) is 29.5 Å². The van der Waals surface area contributed by atoms with E-state index < -0.39 is 0 Å². The van der Waals surface area contributed by atoms with E-state index in [2.05, 4.69) is 4.90 Å². The van der Waals surface area contributed by atoms with Crippen molar-refractivity contribution >= 4 is 11.6 Å². The van der Waals surface area contributed by atoms with Crippen LogP contribution in [-0.2, 0) is 13.7 Å². The van der Waals surface area contributed by atoms with Crippen LogP contribution in [0.15, 0.2) is 65.6 Å². The largest absolute Gasteiger partial charge is 0.497 e. The minimum atomic E-state index is -0.365. The molecule has 0 radical (unpaired) electrons. The first-order valence-electron chi connectivity index (χ1n) is 10.7. The molecular formula is C25H26FN3O4. The van der Waals surface area contributed by atoms with Gasteiger partial charge in [-0.15, -0.1) is 0 Å². The van der Waals surface area contributed by atoms with Crippen molar-refractivity contribution in [2.75, 3.05) is 38.2 Å². The summed E-state index contributed by atoms with van der Waals surface area (Å²) in [6, 6.07) is 15.0. The number of aryl methyl sites for hydroxylation is 1. The highest BCUT2D eigenvalue weighted by molar-refractivity contribution is 5.92. The first-order chi connectivity index (χ1) is 15.9. The highest BCUT2D eigenvalue weighted by atomic mass is 19.1. The number of aromatic nitrogens is 1. The van der Waals surface area contributed by atoms with Gasteiger partial charge in [0.1, 0.15) is 23.9 Å². The van der Waals surface area contributed by atoms with Gasteiger partial charge in [0.15, 0.2) is 5.75 Å². The Bertz CT molecular complexity index is 1170. The number of carbonyl (C=O) groups is 1. The molecule has 0 N–H and O–H groups in total. The quantitative estimate of drug-likeness (QED) is 0.577. The molecule has 1 aromatic heterocycles. The summed E-state index contributed by atoms with van der Waals surface area (Å²) in [6.07, 6.45) is 1.52. The second kappa shape index (κ2) is 9.77. The van der Waals surface area contributed by atoms with E-state index in [1.54, 1.807) is 35.8 Å². The van der Waals surface area contributed by atoms with Crippen LogP contribution in [0.2, 0.25) is 0 Å². The summed E-state index contributed by atoms with van der Waals surface area (Å²) in [5.74, 6) is 0.428. The van der Waals surface area contributed by atoms with Gasteiger partial charge in [0.25, 0.3) is 5.91 Å². The van der Waals surface area contributed by atoms with Gasteiger partial charge in [0.2, 0.25) is 5.43 Å². The molecule has 0 saturated carbocycles. The van der Waals surface area contributed by atoms with Gasteiger partial charge in [0.05, 0.1) is 13.3 Å². The molecule has 1 fully saturated rings. The van der Waals surface area contributed by atoms with Crippen molar-refractivity contribution in [3.05, 3.63) is 88.1 Å². The monoisotopic (exact) mass is 451 g/mol. The number of halogens is 1. The van der Waals surface area contributed by atoms with Crippen molar-refractivity contribution in [3.63, 3.8) is 0 Å². The average Bonchev–Trinajstić information content (AvgIpc) is 2.85. The molecule has 1 saturated heterocycles. The van der Waals surface area contributed by atoms with Crippen LogP contribution in [0.25, 0.3) is 0 Å². The van der Waals surface area contributed by atoms with Crippen molar-refractivity contribution in [1.29, 1.82) is 0 Å². The number of benzene rings is 2. The van der Waals surface area contributed by atoms with Gasteiger partial charge in [-0.25, -0.2) is 4.39 Å². The molecule has 8 heteroatoms. The van der Waals surface area contributed by atoms with Crippen molar-refractivity contribution in [3.8, 4) is 11.5 Å². The molecule has 7 nitrogen and oxygen atoms in total. The van der Waals surface area contributed by atoms with Gasteiger partial charge in [-0.05, 0) is 42.0 Å². The van der Waals surface area contributed by atoms with Crippen molar-refractivity contribution in [2.24, 2.45) is 7.05 Å². The number of nitrogens with zero attached hydrogens (tertiary/aromatic N) is 3. The maximum atomic E-state index is 13.1. The standard InChI is InChI=1S/C25H26FN3O4/c1-27-16-24(33-17-18-3-5-19(26)6-4-18)23(30)15-22(27)25(31)29-13-11-28(12-14-29)20-7-9-21(32-2)10-8-20/h3-10,15-16H,11-14,17H2,1-2H3. The fourth-order valence-electron chi connectivity index (χ4n) is 3.79. The van der Waals surface area contributed by atoms with E-state index in [0.29, 0.717) is 31.9 Å². The van der Waals surface area contributed by atoms with Gasteiger partial charge in [-0.3, -0.25) is 9.59 Å². The van der Waals surface area contributed by atoms with E-state index in [9.17, 15) is 14.0 Å². The maximum Gasteiger partial charge on any atom is 0.270 e. The van der Waals surface area contributed by atoms with E-state index in [0.717, 1.165) is 17.0 Å².